The van der Waals surface area contributed by atoms with Gasteiger partial charge in [-0.3, -0.25) is 14.3 Å². The van der Waals surface area contributed by atoms with Crippen LogP contribution in [0.2, 0.25) is 0 Å². The summed E-state index contributed by atoms with van der Waals surface area (Å²) in [5.74, 6) is -0.813. The smallest absolute Gasteiger partial charge is 0.234 e. The van der Waals surface area contributed by atoms with Crippen molar-refractivity contribution in [3.05, 3.63) is 11.9 Å². The molecule has 1 heterocycles. The Hall–Kier alpha value is -2.00. The zero-order valence-electron chi connectivity index (χ0n) is 14.8. The van der Waals surface area contributed by atoms with Crippen molar-refractivity contribution < 1.29 is 9.59 Å². The van der Waals surface area contributed by atoms with E-state index in [1.807, 2.05) is 27.7 Å². The van der Waals surface area contributed by atoms with Gasteiger partial charge in [0.2, 0.25) is 11.8 Å². The van der Waals surface area contributed by atoms with Crippen molar-refractivity contribution in [3.8, 4) is 0 Å². The van der Waals surface area contributed by atoms with Gasteiger partial charge in [-0.1, -0.05) is 32.9 Å². The predicted octanol–water partition coefficient (Wildman–Crippen LogP) is -1.09. The number of rotatable bonds is 11. The van der Waals surface area contributed by atoms with Crippen molar-refractivity contribution >= 4 is 11.8 Å². The van der Waals surface area contributed by atoms with Gasteiger partial charge in [-0.05, 0) is 6.42 Å². The molecule has 24 heavy (non-hydrogen) atoms. The van der Waals surface area contributed by atoms with Gasteiger partial charge in [0.1, 0.15) is 0 Å². The molecular weight excluding hydrogens is 310 g/mol. The minimum Gasteiger partial charge on any atom is -0.368 e. The standard InChI is InChI=1S/C15H29N7O2/c1-9(2)18-12(14(16)23)5-6-22-8-11(20-21-22)7-13(15(17)24)19-10(3)4/h8-10,12-13,18-19H,5-7H2,1-4H3,(H2,16,23)(H2,17,24). The molecule has 2 unspecified atom stereocenters. The second-order valence-electron chi connectivity index (χ2n) is 6.52. The van der Waals surface area contributed by atoms with Gasteiger partial charge in [-0.15, -0.1) is 5.10 Å². The molecule has 0 saturated heterocycles. The Labute approximate surface area is 142 Å². The first-order valence-electron chi connectivity index (χ1n) is 8.18. The average molecular weight is 339 g/mol. The van der Waals surface area contributed by atoms with Gasteiger partial charge in [0.15, 0.2) is 0 Å². The Morgan fingerprint density at radius 3 is 2.12 bits per heavy atom. The largest absolute Gasteiger partial charge is 0.368 e. The monoisotopic (exact) mass is 339 g/mol. The van der Waals surface area contributed by atoms with E-state index in [4.69, 9.17) is 11.5 Å². The van der Waals surface area contributed by atoms with E-state index in [1.165, 1.54) is 0 Å². The van der Waals surface area contributed by atoms with Gasteiger partial charge in [0, 0.05) is 31.2 Å². The fraction of sp³-hybridized carbons (Fsp3) is 0.733. The summed E-state index contributed by atoms with van der Waals surface area (Å²) >= 11 is 0. The van der Waals surface area contributed by atoms with Gasteiger partial charge in [-0.2, -0.15) is 0 Å². The molecule has 0 saturated carbocycles. The average Bonchev–Trinajstić information content (AvgIpc) is 2.89. The normalized spacial score (nSPS) is 14.1. The number of aryl methyl sites for hydroxylation is 1. The van der Waals surface area contributed by atoms with Crippen LogP contribution in [0.1, 0.15) is 39.8 Å². The van der Waals surface area contributed by atoms with E-state index in [0.29, 0.717) is 25.1 Å². The Morgan fingerprint density at radius 2 is 1.62 bits per heavy atom. The number of hydrogen-bond donors (Lipinski definition) is 4. The summed E-state index contributed by atoms with van der Waals surface area (Å²) in [5.41, 5.74) is 11.5. The van der Waals surface area contributed by atoms with Crippen LogP contribution in [-0.4, -0.2) is 51.0 Å². The summed E-state index contributed by atoms with van der Waals surface area (Å²) in [5, 5.41) is 14.3. The molecule has 0 aliphatic carbocycles. The van der Waals surface area contributed by atoms with Crippen LogP contribution in [0, 0.1) is 0 Å². The van der Waals surface area contributed by atoms with Crippen molar-refractivity contribution in [1.82, 2.24) is 25.6 Å². The highest BCUT2D eigenvalue weighted by molar-refractivity contribution is 5.80. The van der Waals surface area contributed by atoms with Crippen LogP contribution in [0.25, 0.3) is 0 Å². The van der Waals surface area contributed by atoms with Crippen LogP contribution in [0.3, 0.4) is 0 Å². The molecule has 1 rings (SSSR count). The van der Waals surface area contributed by atoms with E-state index in [0.717, 1.165) is 0 Å². The second kappa shape index (κ2) is 9.33. The number of hydrogen-bond acceptors (Lipinski definition) is 6. The summed E-state index contributed by atoms with van der Waals surface area (Å²) < 4.78 is 1.64. The number of carbonyl (C=O) groups is 2. The number of carbonyl (C=O) groups excluding carboxylic acids is 2. The molecule has 0 radical (unpaired) electrons. The van der Waals surface area contributed by atoms with Crippen LogP contribution in [0.15, 0.2) is 6.20 Å². The molecule has 9 nitrogen and oxygen atoms in total. The molecule has 136 valence electrons. The molecule has 0 aliphatic heterocycles. The highest BCUT2D eigenvalue weighted by atomic mass is 16.1. The SMILES string of the molecule is CC(C)NC(CCn1cc(CC(NC(C)C)C(N)=O)nn1)C(N)=O. The molecule has 2 amide bonds. The highest BCUT2D eigenvalue weighted by Gasteiger charge is 2.19. The fourth-order valence-electron chi connectivity index (χ4n) is 2.37. The van der Waals surface area contributed by atoms with Crippen molar-refractivity contribution in [2.24, 2.45) is 11.5 Å². The highest BCUT2D eigenvalue weighted by Crippen LogP contribution is 2.03. The molecule has 9 heteroatoms. The molecule has 2 atom stereocenters. The van der Waals surface area contributed by atoms with Crippen molar-refractivity contribution in [1.29, 1.82) is 0 Å². The first-order valence-corrected chi connectivity index (χ1v) is 8.18. The Balaban J connectivity index is 2.61. The maximum absolute atomic E-state index is 11.5. The van der Waals surface area contributed by atoms with E-state index in [1.54, 1.807) is 10.9 Å². The van der Waals surface area contributed by atoms with Gasteiger partial charge >= 0.3 is 0 Å². The van der Waals surface area contributed by atoms with Gasteiger partial charge in [0.25, 0.3) is 0 Å². The second-order valence-corrected chi connectivity index (χ2v) is 6.52. The maximum atomic E-state index is 11.5. The molecule has 1 aromatic rings. The molecule has 0 aromatic carbocycles. The third kappa shape index (κ3) is 7.05. The van der Waals surface area contributed by atoms with Crippen LogP contribution in [0.4, 0.5) is 0 Å². The number of aromatic nitrogens is 3. The molecule has 1 aromatic heterocycles. The van der Waals surface area contributed by atoms with Gasteiger partial charge in [0.05, 0.1) is 17.8 Å². The lowest BCUT2D eigenvalue weighted by atomic mass is 10.1. The summed E-state index contributed by atoms with van der Waals surface area (Å²) in [6, 6.07) is -0.613. The minimum absolute atomic E-state index is 0.135. The van der Waals surface area contributed by atoms with E-state index >= 15 is 0 Å². The predicted molar refractivity (Wildman–Crippen MR) is 90.9 cm³/mol. The molecule has 0 fully saturated rings. The van der Waals surface area contributed by atoms with Crippen molar-refractivity contribution in [3.63, 3.8) is 0 Å². The Bertz CT molecular complexity index is 542. The van der Waals surface area contributed by atoms with Crippen molar-refractivity contribution in [2.75, 3.05) is 0 Å². The summed E-state index contributed by atoms with van der Waals surface area (Å²) in [6.07, 6.45) is 2.64. The van der Waals surface area contributed by atoms with E-state index in [9.17, 15) is 9.59 Å². The number of nitrogens with zero attached hydrogens (tertiary/aromatic N) is 3. The van der Waals surface area contributed by atoms with Crippen LogP contribution < -0.4 is 22.1 Å². The summed E-state index contributed by atoms with van der Waals surface area (Å²) in [7, 11) is 0. The Kier molecular flexibility index (Phi) is 7.80. The fourth-order valence-corrected chi connectivity index (χ4v) is 2.37. The van der Waals surface area contributed by atoms with Crippen LogP contribution in [0.5, 0.6) is 0 Å². The first-order chi connectivity index (χ1) is 11.2. The lowest BCUT2D eigenvalue weighted by molar-refractivity contribution is -0.121. The number of primary amides is 2. The molecule has 6 N–H and O–H groups in total. The lowest BCUT2D eigenvalue weighted by Crippen LogP contribution is -2.46. The van der Waals surface area contributed by atoms with Gasteiger partial charge in [-0.25, -0.2) is 0 Å². The zero-order chi connectivity index (χ0) is 18.3. The molecule has 0 aliphatic rings. The van der Waals surface area contributed by atoms with Crippen LogP contribution in [-0.2, 0) is 22.6 Å². The third-order valence-electron chi connectivity index (χ3n) is 3.40. The molecule has 0 spiro atoms. The van der Waals surface area contributed by atoms with Crippen LogP contribution >= 0.6 is 0 Å². The summed E-state index contributed by atoms with van der Waals surface area (Å²) in [4.78, 5) is 22.9. The summed E-state index contributed by atoms with van der Waals surface area (Å²) in [6.45, 7) is 8.29. The maximum Gasteiger partial charge on any atom is 0.234 e. The van der Waals surface area contributed by atoms with Crippen molar-refractivity contribution in [2.45, 2.75) is 71.2 Å². The van der Waals surface area contributed by atoms with E-state index in [2.05, 4.69) is 20.9 Å². The zero-order valence-corrected chi connectivity index (χ0v) is 14.8. The first kappa shape index (κ1) is 20.0. The topological polar surface area (TPSA) is 141 Å². The molecule has 0 bridgehead atoms. The van der Waals surface area contributed by atoms with E-state index in [-0.39, 0.29) is 18.0 Å². The Morgan fingerprint density at radius 1 is 1.08 bits per heavy atom. The molecular formula is C15H29N7O2. The number of amides is 2. The minimum atomic E-state index is -0.490. The van der Waals surface area contributed by atoms with Gasteiger partial charge < -0.3 is 22.1 Å². The van der Waals surface area contributed by atoms with E-state index < -0.39 is 18.0 Å². The number of nitrogens with one attached hydrogen (secondary N) is 2. The third-order valence-corrected chi connectivity index (χ3v) is 3.40. The lowest BCUT2D eigenvalue weighted by Gasteiger charge is -2.17. The number of nitrogens with two attached hydrogens (primary N) is 2. The quantitative estimate of drug-likeness (QED) is 0.404.